The summed E-state index contributed by atoms with van der Waals surface area (Å²) in [7, 11) is 0.378. The van der Waals surface area contributed by atoms with Crippen molar-refractivity contribution in [1.82, 2.24) is 19.5 Å². The fourth-order valence-electron chi connectivity index (χ4n) is 2.94. The van der Waals surface area contributed by atoms with Gasteiger partial charge in [0.15, 0.2) is 0 Å². The average Bonchev–Trinajstić information content (AvgIpc) is 3.18. The quantitative estimate of drug-likeness (QED) is 0.920. The van der Waals surface area contributed by atoms with E-state index in [0.29, 0.717) is 6.54 Å². The molecule has 0 unspecified atom stereocenters. The van der Waals surface area contributed by atoms with Crippen molar-refractivity contribution in [2.24, 2.45) is 0 Å². The van der Waals surface area contributed by atoms with Crippen LogP contribution in [0.2, 0.25) is 0 Å². The van der Waals surface area contributed by atoms with E-state index in [1.807, 2.05) is 38.1 Å². The summed E-state index contributed by atoms with van der Waals surface area (Å²) in [6.45, 7) is 2.44. The summed E-state index contributed by atoms with van der Waals surface area (Å²) in [5, 5.41) is 6.32. The van der Waals surface area contributed by atoms with Gasteiger partial charge in [-0.15, -0.1) is 0 Å². The molecule has 0 aliphatic carbocycles. The minimum absolute atomic E-state index is 0.199. The standard InChI is InChI=1S/C15H21N5O2S/c1-11-7-12(19(2)3)8-14(18-11)15-5-4-6-20(15)23(21,22)13-9-16-17-10-13/h7-10,15H,4-6H2,1-3H3,(H,16,17)/t15-/m0/s1. The Morgan fingerprint density at radius 3 is 2.78 bits per heavy atom. The molecule has 0 saturated carbocycles. The molecule has 3 heterocycles. The van der Waals surface area contributed by atoms with Gasteiger partial charge < -0.3 is 4.90 Å². The lowest BCUT2D eigenvalue weighted by Crippen LogP contribution is -2.31. The average molecular weight is 335 g/mol. The molecule has 1 aliphatic heterocycles. The topological polar surface area (TPSA) is 82.2 Å². The second-order valence-corrected chi connectivity index (χ2v) is 7.88. The minimum Gasteiger partial charge on any atom is -0.378 e. The molecule has 8 heteroatoms. The number of aromatic nitrogens is 3. The first-order chi connectivity index (χ1) is 10.9. The van der Waals surface area contributed by atoms with Crippen molar-refractivity contribution in [2.75, 3.05) is 25.5 Å². The van der Waals surface area contributed by atoms with Gasteiger partial charge in [-0.05, 0) is 31.9 Å². The van der Waals surface area contributed by atoms with Crippen LogP contribution in [0.4, 0.5) is 5.69 Å². The van der Waals surface area contributed by atoms with Crippen LogP contribution in [0.3, 0.4) is 0 Å². The summed E-state index contributed by atoms with van der Waals surface area (Å²) >= 11 is 0. The molecule has 1 aliphatic rings. The molecule has 1 N–H and O–H groups in total. The number of hydrogen-bond acceptors (Lipinski definition) is 5. The molecular weight excluding hydrogens is 314 g/mol. The Morgan fingerprint density at radius 1 is 1.35 bits per heavy atom. The number of anilines is 1. The van der Waals surface area contributed by atoms with E-state index in [1.54, 1.807) is 4.31 Å². The van der Waals surface area contributed by atoms with Crippen molar-refractivity contribution < 1.29 is 8.42 Å². The van der Waals surface area contributed by atoms with Crippen LogP contribution in [0.25, 0.3) is 0 Å². The van der Waals surface area contributed by atoms with E-state index in [0.717, 1.165) is 29.9 Å². The van der Waals surface area contributed by atoms with Crippen molar-refractivity contribution in [3.63, 3.8) is 0 Å². The molecule has 7 nitrogen and oxygen atoms in total. The van der Waals surface area contributed by atoms with E-state index in [1.165, 1.54) is 12.4 Å². The Hall–Kier alpha value is -1.93. The Bertz CT molecular complexity index is 786. The molecule has 0 bridgehead atoms. The van der Waals surface area contributed by atoms with E-state index in [4.69, 9.17) is 0 Å². The van der Waals surface area contributed by atoms with E-state index in [2.05, 4.69) is 15.2 Å². The van der Waals surface area contributed by atoms with Gasteiger partial charge in [0.25, 0.3) is 0 Å². The molecule has 1 saturated heterocycles. The summed E-state index contributed by atoms with van der Waals surface area (Å²) in [4.78, 5) is 6.79. The summed E-state index contributed by atoms with van der Waals surface area (Å²) in [6.07, 6.45) is 4.37. The monoisotopic (exact) mass is 335 g/mol. The first-order valence-electron chi connectivity index (χ1n) is 7.56. The molecule has 23 heavy (non-hydrogen) atoms. The first-order valence-corrected chi connectivity index (χ1v) is 9.00. The van der Waals surface area contributed by atoms with E-state index in [9.17, 15) is 8.42 Å². The van der Waals surface area contributed by atoms with E-state index < -0.39 is 10.0 Å². The maximum Gasteiger partial charge on any atom is 0.246 e. The van der Waals surface area contributed by atoms with E-state index >= 15 is 0 Å². The number of nitrogens with zero attached hydrogens (tertiary/aromatic N) is 4. The normalized spacial score (nSPS) is 19.2. The number of rotatable bonds is 4. The largest absolute Gasteiger partial charge is 0.378 e. The Kier molecular flexibility index (Phi) is 4.11. The number of aromatic amines is 1. The predicted molar refractivity (Wildman–Crippen MR) is 87.8 cm³/mol. The van der Waals surface area contributed by atoms with Crippen LogP contribution >= 0.6 is 0 Å². The van der Waals surface area contributed by atoms with Gasteiger partial charge in [-0.1, -0.05) is 0 Å². The van der Waals surface area contributed by atoms with Crippen molar-refractivity contribution in [3.8, 4) is 0 Å². The van der Waals surface area contributed by atoms with Crippen molar-refractivity contribution in [3.05, 3.63) is 35.9 Å². The maximum absolute atomic E-state index is 12.8. The second kappa shape index (κ2) is 5.93. The number of aryl methyl sites for hydroxylation is 1. The van der Waals surface area contributed by atoms with Crippen LogP contribution in [-0.4, -0.2) is 48.5 Å². The minimum atomic E-state index is -3.55. The van der Waals surface area contributed by atoms with Crippen LogP contribution in [0.15, 0.2) is 29.4 Å². The van der Waals surface area contributed by atoms with Crippen molar-refractivity contribution in [1.29, 1.82) is 0 Å². The van der Waals surface area contributed by atoms with Crippen LogP contribution in [-0.2, 0) is 10.0 Å². The molecule has 124 valence electrons. The fraction of sp³-hybridized carbons (Fsp3) is 0.467. The van der Waals surface area contributed by atoms with Crippen LogP contribution < -0.4 is 4.90 Å². The number of sulfonamides is 1. The van der Waals surface area contributed by atoms with Crippen LogP contribution in [0.5, 0.6) is 0 Å². The van der Waals surface area contributed by atoms with Gasteiger partial charge in [-0.25, -0.2) is 8.42 Å². The predicted octanol–water partition coefficient (Wildman–Crippen LogP) is 1.70. The summed E-state index contributed by atoms with van der Waals surface area (Å²) in [5.41, 5.74) is 2.72. The molecule has 1 fully saturated rings. The summed E-state index contributed by atoms with van der Waals surface area (Å²) in [5.74, 6) is 0. The number of hydrogen-bond donors (Lipinski definition) is 1. The highest BCUT2D eigenvalue weighted by atomic mass is 32.2. The lowest BCUT2D eigenvalue weighted by molar-refractivity contribution is 0.390. The molecule has 2 aromatic rings. The highest BCUT2D eigenvalue weighted by Gasteiger charge is 2.37. The third-order valence-electron chi connectivity index (χ3n) is 4.10. The highest BCUT2D eigenvalue weighted by Crippen LogP contribution is 2.36. The molecule has 2 aromatic heterocycles. The Morgan fingerprint density at radius 2 is 2.13 bits per heavy atom. The highest BCUT2D eigenvalue weighted by molar-refractivity contribution is 7.89. The van der Waals surface area contributed by atoms with E-state index in [-0.39, 0.29) is 10.9 Å². The van der Waals surface area contributed by atoms with Gasteiger partial charge in [-0.2, -0.15) is 9.40 Å². The molecular formula is C15H21N5O2S. The molecule has 1 atom stereocenters. The third kappa shape index (κ3) is 2.96. The zero-order valence-electron chi connectivity index (χ0n) is 13.5. The third-order valence-corrected chi connectivity index (χ3v) is 5.97. The number of H-pyrrole nitrogens is 1. The van der Waals surface area contributed by atoms with Gasteiger partial charge in [0.05, 0.1) is 17.9 Å². The van der Waals surface area contributed by atoms with Gasteiger partial charge in [0.2, 0.25) is 10.0 Å². The summed E-state index contributed by atoms with van der Waals surface area (Å²) < 4.78 is 27.2. The zero-order valence-corrected chi connectivity index (χ0v) is 14.3. The van der Waals surface area contributed by atoms with Gasteiger partial charge in [0, 0.05) is 38.2 Å². The molecule has 0 spiro atoms. The van der Waals surface area contributed by atoms with Gasteiger partial charge >= 0.3 is 0 Å². The molecule has 0 radical (unpaired) electrons. The smallest absolute Gasteiger partial charge is 0.246 e. The zero-order chi connectivity index (χ0) is 16.6. The lowest BCUT2D eigenvalue weighted by Gasteiger charge is -2.24. The number of pyridine rings is 1. The maximum atomic E-state index is 12.8. The molecule has 0 amide bonds. The van der Waals surface area contributed by atoms with Crippen LogP contribution in [0, 0.1) is 6.92 Å². The first kappa shape index (κ1) is 15.9. The van der Waals surface area contributed by atoms with Crippen LogP contribution in [0.1, 0.15) is 30.3 Å². The molecule has 3 rings (SSSR count). The van der Waals surface area contributed by atoms with Gasteiger partial charge in [0.1, 0.15) is 4.90 Å². The fourth-order valence-corrected chi connectivity index (χ4v) is 4.52. The molecule has 0 aromatic carbocycles. The lowest BCUT2D eigenvalue weighted by atomic mass is 10.1. The summed E-state index contributed by atoms with van der Waals surface area (Å²) in [6, 6.07) is 3.74. The Labute approximate surface area is 136 Å². The van der Waals surface area contributed by atoms with Gasteiger partial charge in [-0.3, -0.25) is 10.1 Å². The Balaban J connectivity index is 2.00. The number of nitrogens with one attached hydrogen (secondary N) is 1. The van der Waals surface area contributed by atoms with Crippen molar-refractivity contribution in [2.45, 2.75) is 30.7 Å². The SMILES string of the molecule is Cc1cc(N(C)C)cc([C@@H]2CCCN2S(=O)(=O)c2cn[nH]c2)n1. The van der Waals surface area contributed by atoms with Crippen molar-refractivity contribution >= 4 is 15.7 Å². The second-order valence-electron chi connectivity index (χ2n) is 5.99.